The van der Waals surface area contributed by atoms with Crippen LogP contribution in [-0.2, 0) is 4.74 Å². The first-order chi connectivity index (χ1) is 10.7. The molecule has 0 saturated heterocycles. The highest BCUT2D eigenvalue weighted by Crippen LogP contribution is 2.16. The van der Waals surface area contributed by atoms with E-state index >= 15 is 0 Å². The molecule has 4 heteroatoms. The van der Waals surface area contributed by atoms with Crippen molar-refractivity contribution in [1.82, 2.24) is 0 Å². The first-order valence-electron chi connectivity index (χ1n) is 7.26. The van der Waals surface area contributed by atoms with E-state index in [0.717, 1.165) is 23.6 Å². The normalized spacial score (nSPS) is 15.2. The number of hydrogen-bond acceptors (Lipinski definition) is 3. The van der Waals surface area contributed by atoms with Crippen LogP contribution in [0.3, 0.4) is 0 Å². The molecule has 1 aliphatic heterocycles. The standard InChI is InChI=1S/C13H12O2.C6H11NO/c1-3-4-5-10(2)11-6-8-12(9-7-11)13(14)15;1-5-7-6(2,3)4-8-5/h3-9H,1-2H2,(H,14,15);4H2,1-3H3/b5-4-;. The fourth-order valence-electron chi connectivity index (χ4n) is 1.88. The lowest BCUT2D eigenvalue weighted by molar-refractivity contribution is 0.0697. The molecule has 4 nitrogen and oxygen atoms in total. The summed E-state index contributed by atoms with van der Waals surface area (Å²) in [5.41, 5.74) is 2.04. The van der Waals surface area contributed by atoms with E-state index in [1.807, 2.05) is 13.0 Å². The van der Waals surface area contributed by atoms with Crippen molar-refractivity contribution in [2.45, 2.75) is 26.3 Å². The number of carboxylic acid groups (broad SMARTS) is 1. The maximum Gasteiger partial charge on any atom is 0.335 e. The van der Waals surface area contributed by atoms with Crippen LogP contribution in [0, 0.1) is 0 Å². The first-order valence-corrected chi connectivity index (χ1v) is 7.26. The van der Waals surface area contributed by atoms with Gasteiger partial charge in [-0.1, -0.05) is 43.5 Å². The number of ether oxygens (including phenoxy) is 1. The topological polar surface area (TPSA) is 58.9 Å². The molecule has 2 rings (SSSR count). The van der Waals surface area contributed by atoms with E-state index in [9.17, 15) is 4.79 Å². The molecule has 1 aromatic rings. The van der Waals surface area contributed by atoms with Gasteiger partial charge >= 0.3 is 5.97 Å². The van der Waals surface area contributed by atoms with Crippen LogP contribution in [0.25, 0.3) is 5.57 Å². The number of nitrogens with zero attached hydrogens (tertiary/aromatic N) is 1. The second-order valence-electron chi connectivity index (χ2n) is 5.73. The van der Waals surface area contributed by atoms with Crippen molar-refractivity contribution in [3.8, 4) is 0 Å². The molecule has 0 aromatic heterocycles. The lowest BCUT2D eigenvalue weighted by Gasteiger charge is -2.07. The summed E-state index contributed by atoms with van der Waals surface area (Å²) >= 11 is 0. The maximum absolute atomic E-state index is 10.6. The molecule has 23 heavy (non-hydrogen) atoms. The molecule has 0 amide bonds. The van der Waals surface area contributed by atoms with Crippen LogP contribution < -0.4 is 0 Å². The van der Waals surface area contributed by atoms with Crippen LogP contribution in [0.15, 0.2) is 60.6 Å². The Labute approximate surface area is 137 Å². The number of carboxylic acids is 1. The average Bonchev–Trinajstić information content (AvgIpc) is 2.82. The van der Waals surface area contributed by atoms with Crippen LogP contribution in [-0.4, -0.2) is 29.1 Å². The van der Waals surface area contributed by atoms with Crippen molar-refractivity contribution in [1.29, 1.82) is 0 Å². The van der Waals surface area contributed by atoms with Gasteiger partial charge in [0.1, 0.15) is 6.61 Å². The van der Waals surface area contributed by atoms with Crippen molar-refractivity contribution in [2.75, 3.05) is 6.61 Å². The van der Waals surface area contributed by atoms with Crippen molar-refractivity contribution in [2.24, 2.45) is 4.99 Å². The maximum atomic E-state index is 10.6. The van der Waals surface area contributed by atoms with Crippen molar-refractivity contribution >= 4 is 17.4 Å². The fraction of sp³-hybridized carbons (Fsp3) is 0.263. The first kappa shape index (κ1) is 18.4. The quantitative estimate of drug-likeness (QED) is 0.840. The molecule has 0 spiro atoms. The Kier molecular flexibility index (Phi) is 6.51. The third kappa shape index (κ3) is 6.34. The summed E-state index contributed by atoms with van der Waals surface area (Å²) in [7, 11) is 0. The zero-order chi connectivity index (χ0) is 17.5. The Morgan fingerprint density at radius 2 is 1.87 bits per heavy atom. The molecule has 0 atom stereocenters. The highest BCUT2D eigenvalue weighted by molar-refractivity contribution is 5.88. The Balaban J connectivity index is 0.000000277. The Morgan fingerprint density at radius 1 is 1.30 bits per heavy atom. The summed E-state index contributed by atoms with van der Waals surface area (Å²) < 4.78 is 5.12. The third-order valence-corrected chi connectivity index (χ3v) is 3.03. The fourth-order valence-corrected chi connectivity index (χ4v) is 1.88. The minimum absolute atomic E-state index is 0.0318. The van der Waals surface area contributed by atoms with Crippen LogP contribution >= 0.6 is 0 Å². The molecule has 0 bridgehead atoms. The van der Waals surface area contributed by atoms with Crippen LogP contribution in [0.2, 0.25) is 0 Å². The van der Waals surface area contributed by atoms with Gasteiger partial charge in [0.2, 0.25) is 0 Å². The Morgan fingerprint density at radius 3 is 2.22 bits per heavy atom. The molecule has 0 fully saturated rings. The van der Waals surface area contributed by atoms with Gasteiger partial charge in [-0.2, -0.15) is 0 Å². The number of aliphatic imine (C=N–C) groups is 1. The van der Waals surface area contributed by atoms with Gasteiger partial charge in [0.05, 0.1) is 11.1 Å². The number of hydrogen-bond donors (Lipinski definition) is 1. The van der Waals surface area contributed by atoms with Gasteiger partial charge in [-0.05, 0) is 37.1 Å². The summed E-state index contributed by atoms with van der Waals surface area (Å²) in [6, 6.07) is 6.59. The van der Waals surface area contributed by atoms with Gasteiger partial charge < -0.3 is 9.84 Å². The monoisotopic (exact) mass is 313 g/mol. The minimum atomic E-state index is -0.922. The van der Waals surface area contributed by atoms with E-state index in [1.54, 1.807) is 36.4 Å². The van der Waals surface area contributed by atoms with E-state index < -0.39 is 5.97 Å². The van der Waals surface area contributed by atoms with Gasteiger partial charge in [0.15, 0.2) is 5.90 Å². The lowest BCUT2D eigenvalue weighted by Crippen LogP contribution is -2.17. The molecule has 1 N–H and O–H groups in total. The van der Waals surface area contributed by atoms with Gasteiger partial charge in [-0.25, -0.2) is 9.79 Å². The molecule has 0 aliphatic carbocycles. The Bertz CT molecular complexity index is 637. The van der Waals surface area contributed by atoms with Crippen LogP contribution in [0.1, 0.15) is 36.7 Å². The van der Waals surface area contributed by atoms with Crippen LogP contribution in [0.5, 0.6) is 0 Å². The summed E-state index contributed by atoms with van der Waals surface area (Å²) in [4.78, 5) is 14.8. The number of benzene rings is 1. The highest BCUT2D eigenvalue weighted by Gasteiger charge is 2.23. The molecule has 1 aliphatic rings. The molecule has 1 heterocycles. The van der Waals surface area contributed by atoms with E-state index in [2.05, 4.69) is 32.0 Å². The highest BCUT2D eigenvalue weighted by atomic mass is 16.5. The molecule has 122 valence electrons. The van der Waals surface area contributed by atoms with E-state index in [1.165, 1.54) is 0 Å². The van der Waals surface area contributed by atoms with E-state index in [-0.39, 0.29) is 11.1 Å². The van der Waals surface area contributed by atoms with Gasteiger partial charge in [-0.3, -0.25) is 0 Å². The van der Waals surface area contributed by atoms with Gasteiger partial charge in [0, 0.05) is 6.92 Å². The second-order valence-corrected chi connectivity index (χ2v) is 5.73. The van der Waals surface area contributed by atoms with Crippen molar-refractivity contribution in [3.05, 3.63) is 66.8 Å². The average molecular weight is 313 g/mol. The number of aromatic carboxylic acids is 1. The van der Waals surface area contributed by atoms with Crippen LogP contribution in [0.4, 0.5) is 0 Å². The van der Waals surface area contributed by atoms with E-state index in [0.29, 0.717) is 0 Å². The SMILES string of the molecule is C=C/C=C\C(=C)c1ccc(C(=O)O)cc1.CC1=NC(C)(C)CO1. The largest absolute Gasteiger partial charge is 0.479 e. The summed E-state index contributed by atoms with van der Waals surface area (Å²) in [6.45, 7) is 14.1. The predicted molar refractivity (Wildman–Crippen MR) is 94.9 cm³/mol. The molecule has 1 aromatic carbocycles. The zero-order valence-electron chi connectivity index (χ0n) is 13.9. The molecular weight excluding hydrogens is 290 g/mol. The summed E-state index contributed by atoms with van der Waals surface area (Å²) in [5.74, 6) is -0.108. The van der Waals surface area contributed by atoms with Gasteiger partial charge in [0.25, 0.3) is 0 Å². The van der Waals surface area contributed by atoms with Crippen molar-refractivity contribution in [3.63, 3.8) is 0 Å². The lowest BCUT2D eigenvalue weighted by atomic mass is 10.1. The van der Waals surface area contributed by atoms with Gasteiger partial charge in [-0.15, -0.1) is 0 Å². The summed E-state index contributed by atoms with van der Waals surface area (Å²) in [6.07, 6.45) is 5.27. The van der Waals surface area contributed by atoms with Crippen molar-refractivity contribution < 1.29 is 14.6 Å². The zero-order valence-corrected chi connectivity index (χ0v) is 13.9. The second kappa shape index (κ2) is 8.13. The third-order valence-electron chi connectivity index (χ3n) is 3.03. The Hall–Kier alpha value is -2.62. The molecular formula is C19H23NO3. The van der Waals surface area contributed by atoms with E-state index in [4.69, 9.17) is 9.84 Å². The number of allylic oxidation sites excluding steroid dienone is 4. The summed E-state index contributed by atoms with van der Waals surface area (Å²) in [5, 5.41) is 8.71. The number of rotatable bonds is 4. The molecule has 0 saturated carbocycles. The minimum Gasteiger partial charge on any atom is -0.479 e. The molecule has 0 radical (unpaired) electrons. The smallest absolute Gasteiger partial charge is 0.335 e. The predicted octanol–water partition coefficient (Wildman–Crippen LogP) is 4.35. The molecule has 0 unspecified atom stereocenters. The number of carbonyl (C=O) groups is 1.